The molecule has 1 heterocycles. The minimum atomic E-state index is -1.16. The molecule has 186 valence electrons. The van der Waals surface area contributed by atoms with Crippen molar-refractivity contribution < 1.29 is 28.6 Å². The van der Waals surface area contributed by atoms with Crippen LogP contribution in [0.15, 0.2) is 36.4 Å². The molecule has 6 rings (SSSR count). The number of ketones is 1. The van der Waals surface area contributed by atoms with Crippen LogP contribution in [0.25, 0.3) is 0 Å². The molecule has 1 aliphatic heterocycles. The van der Waals surface area contributed by atoms with Crippen LogP contribution >= 0.6 is 11.6 Å². The van der Waals surface area contributed by atoms with Crippen LogP contribution in [-0.4, -0.2) is 35.0 Å². The highest BCUT2D eigenvalue weighted by atomic mass is 35.5. The number of fused-ring (bicyclic) bond motifs is 1. The number of rotatable bonds is 8. The SMILES string of the molecule is CCC1(O)CC(C(=O)CC23CC(NC(=O)COc4ccc(C)c(F)c4)(C2)C3)Oc2ccc(Cl)cc21. The Bertz CT molecular complexity index is 1180. The van der Waals surface area contributed by atoms with Gasteiger partial charge in [0.2, 0.25) is 0 Å². The van der Waals surface area contributed by atoms with E-state index in [1.54, 1.807) is 37.3 Å². The lowest BCUT2D eigenvalue weighted by Gasteiger charge is -2.70. The highest BCUT2D eigenvalue weighted by molar-refractivity contribution is 6.30. The van der Waals surface area contributed by atoms with E-state index in [0.29, 0.717) is 40.5 Å². The second-order valence-electron chi connectivity index (χ2n) is 10.5. The van der Waals surface area contributed by atoms with Crippen molar-refractivity contribution >= 4 is 23.3 Å². The first-order valence-corrected chi connectivity index (χ1v) is 12.3. The van der Waals surface area contributed by atoms with Gasteiger partial charge in [0, 0.05) is 35.0 Å². The topological polar surface area (TPSA) is 84.9 Å². The summed E-state index contributed by atoms with van der Waals surface area (Å²) >= 11 is 6.10. The maximum atomic E-state index is 13.6. The van der Waals surface area contributed by atoms with Crippen LogP contribution in [0, 0.1) is 18.2 Å². The largest absolute Gasteiger partial charge is 0.484 e. The van der Waals surface area contributed by atoms with E-state index in [-0.39, 0.29) is 41.5 Å². The summed E-state index contributed by atoms with van der Waals surface area (Å²) in [7, 11) is 0. The Kier molecular flexibility index (Phi) is 5.84. The lowest BCUT2D eigenvalue weighted by Crippen LogP contribution is -2.75. The fraction of sp³-hybridized carbons (Fsp3) is 0.481. The molecule has 35 heavy (non-hydrogen) atoms. The van der Waals surface area contributed by atoms with Gasteiger partial charge in [-0.15, -0.1) is 0 Å². The lowest BCUT2D eigenvalue weighted by atomic mass is 9.38. The third-order valence-electron chi connectivity index (χ3n) is 7.79. The summed E-state index contributed by atoms with van der Waals surface area (Å²) in [5.74, 6) is 0.149. The summed E-state index contributed by atoms with van der Waals surface area (Å²) in [5, 5.41) is 14.7. The predicted octanol–water partition coefficient (Wildman–Crippen LogP) is 4.61. The maximum absolute atomic E-state index is 13.6. The number of carbonyl (C=O) groups is 2. The molecule has 2 atom stereocenters. The second kappa shape index (κ2) is 8.49. The lowest BCUT2D eigenvalue weighted by molar-refractivity contribution is -0.176. The van der Waals surface area contributed by atoms with Crippen molar-refractivity contribution in [2.24, 2.45) is 5.41 Å². The van der Waals surface area contributed by atoms with E-state index in [1.165, 1.54) is 6.07 Å². The van der Waals surface area contributed by atoms with Crippen molar-refractivity contribution in [1.29, 1.82) is 0 Å². The van der Waals surface area contributed by atoms with E-state index in [2.05, 4.69) is 5.32 Å². The fourth-order valence-corrected chi connectivity index (χ4v) is 6.21. The van der Waals surface area contributed by atoms with Gasteiger partial charge in [0.05, 0.1) is 5.60 Å². The summed E-state index contributed by atoms with van der Waals surface area (Å²) in [6, 6.07) is 9.60. The number of hydrogen-bond donors (Lipinski definition) is 2. The zero-order valence-electron chi connectivity index (χ0n) is 19.8. The first kappa shape index (κ1) is 24.1. The van der Waals surface area contributed by atoms with Crippen LogP contribution in [0.4, 0.5) is 4.39 Å². The molecule has 8 heteroatoms. The molecule has 0 radical (unpaired) electrons. The second-order valence-corrected chi connectivity index (χ2v) is 11.0. The van der Waals surface area contributed by atoms with Gasteiger partial charge in [-0.2, -0.15) is 0 Å². The van der Waals surface area contributed by atoms with Crippen LogP contribution < -0.4 is 14.8 Å². The number of aryl methyl sites for hydroxylation is 1. The van der Waals surface area contributed by atoms with E-state index in [9.17, 15) is 19.1 Å². The first-order valence-electron chi connectivity index (χ1n) is 12.0. The number of aliphatic hydroxyl groups is 1. The Morgan fingerprint density at radius 2 is 1.97 bits per heavy atom. The summed E-state index contributed by atoms with van der Waals surface area (Å²) in [6.45, 7) is 3.35. The molecule has 1 amide bonds. The standard InChI is InChI=1S/C27H29ClFNO5/c1-3-27(33)11-23(35-22-7-5-17(28)8-19(22)27)21(31)10-25-13-26(14-25,15-25)30-24(32)12-34-18-6-4-16(2)20(29)9-18/h4-9,23,33H,3,10-15H2,1-2H3,(H,30,32). The van der Waals surface area contributed by atoms with Crippen molar-refractivity contribution in [3.05, 3.63) is 58.4 Å². The number of Topliss-reactive ketones (excluding diaryl/α,β-unsaturated/α-hetero) is 1. The summed E-state index contributed by atoms with van der Waals surface area (Å²) < 4.78 is 25.0. The number of amides is 1. The number of carbonyl (C=O) groups excluding carboxylic acids is 2. The van der Waals surface area contributed by atoms with Crippen molar-refractivity contribution in [3.8, 4) is 11.5 Å². The van der Waals surface area contributed by atoms with Gasteiger partial charge >= 0.3 is 0 Å². The molecule has 3 saturated carbocycles. The molecule has 3 aliphatic carbocycles. The Labute approximate surface area is 208 Å². The van der Waals surface area contributed by atoms with Crippen LogP contribution in [0.3, 0.4) is 0 Å². The number of nitrogens with one attached hydrogen (secondary N) is 1. The van der Waals surface area contributed by atoms with Crippen LogP contribution in [0.1, 0.15) is 56.6 Å². The molecule has 2 bridgehead atoms. The minimum Gasteiger partial charge on any atom is -0.484 e. The highest BCUT2D eigenvalue weighted by Gasteiger charge is 2.69. The molecule has 6 nitrogen and oxygen atoms in total. The molecule has 4 aliphatic rings. The van der Waals surface area contributed by atoms with Crippen molar-refractivity contribution in [2.75, 3.05) is 6.61 Å². The third kappa shape index (κ3) is 4.40. The number of ether oxygens (including phenoxy) is 2. The zero-order valence-corrected chi connectivity index (χ0v) is 20.6. The van der Waals surface area contributed by atoms with Crippen molar-refractivity contribution in [1.82, 2.24) is 5.32 Å². The van der Waals surface area contributed by atoms with E-state index in [4.69, 9.17) is 21.1 Å². The maximum Gasteiger partial charge on any atom is 0.258 e. The molecular weight excluding hydrogens is 473 g/mol. The Hall–Kier alpha value is -2.64. The van der Waals surface area contributed by atoms with Gasteiger partial charge in [-0.25, -0.2) is 4.39 Å². The molecule has 2 N–H and O–H groups in total. The van der Waals surface area contributed by atoms with E-state index >= 15 is 0 Å². The quantitative estimate of drug-likeness (QED) is 0.551. The Balaban J connectivity index is 1.13. The summed E-state index contributed by atoms with van der Waals surface area (Å²) in [5.41, 5.74) is -0.436. The average Bonchev–Trinajstić information content (AvgIpc) is 2.78. The zero-order chi connectivity index (χ0) is 25.0. The predicted molar refractivity (Wildman–Crippen MR) is 128 cm³/mol. The molecular formula is C27H29ClFNO5. The van der Waals surface area contributed by atoms with E-state index in [0.717, 1.165) is 19.3 Å². The molecule has 0 aromatic heterocycles. The highest BCUT2D eigenvalue weighted by Crippen LogP contribution is 2.69. The molecule has 2 aromatic rings. The average molecular weight is 502 g/mol. The number of benzene rings is 2. The number of hydrogen-bond acceptors (Lipinski definition) is 5. The van der Waals surface area contributed by atoms with E-state index < -0.39 is 11.7 Å². The fourth-order valence-electron chi connectivity index (χ4n) is 6.04. The van der Waals surface area contributed by atoms with Gasteiger partial charge in [0.1, 0.15) is 17.3 Å². The normalized spacial score (nSPS) is 30.3. The van der Waals surface area contributed by atoms with Gasteiger partial charge in [0.25, 0.3) is 5.91 Å². The van der Waals surface area contributed by atoms with Gasteiger partial charge in [-0.1, -0.05) is 24.6 Å². The Morgan fingerprint density at radius 3 is 2.66 bits per heavy atom. The molecule has 2 aromatic carbocycles. The molecule has 0 spiro atoms. The smallest absolute Gasteiger partial charge is 0.258 e. The molecule has 3 fully saturated rings. The first-order chi connectivity index (χ1) is 16.5. The van der Waals surface area contributed by atoms with Gasteiger partial charge in [-0.05, 0) is 67.9 Å². The third-order valence-corrected chi connectivity index (χ3v) is 8.02. The van der Waals surface area contributed by atoms with Crippen molar-refractivity contribution in [2.45, 2.75) is 69.6 Å². The summed E-state index contributed by atoms with van der Waals surface area (Å²) in [4.78, 5) is 25.5. The van der Waals surface area contributed by atoms with Gasteiger partial charge in [0.15, 0.2) is 18.5 Å². The monoisotopic (exact) mass is 501 g/mol. The van der Waals surface area contributed by atoms with Gasteiger partial charge < -0.3 is 19.9 Å². The van der Waals surface area contributed by atoms with Crippen LogP contribution in [-0.2, 0) is 15.2 Å². The van der Waals surface area contributed by atoms with E-state index in [1.807, 2.05) is 6.92 Å². The molecule has 2 unspecified atom stereocenters. The van der Waals surface area contributed by atoms with Crippen molar-refractivity contribution in [3.63, 3.8) is 0 Å². The number of halogens is 2. The summed E-state index contributed by atoms with van der Waals surface area (Å²) in [6.07, 6.45) is 2.48. The Morgan fingerprint density at radius 1 is 1.23 bits per heavy atom. The minimum absolute atomic E-state index is 0.0261. The van der Waals surface area contributed by atoms with Crippen LogP contribution in [0.5, 0.6) is 11.5 Å². The molecule has 0 saturated heterocycles. The van der Waals surface area contributed by atoms with Gasteiger partial charge in [-0.3, -0.25) is 9.59 Å². The van der Waals surface area contributed by atoms with Crippen LogP contribution in [0.2, 0.25) is 5.02 Å².